The Balaban J connectivity index is 2.45. The molecule has 1 aromatic carbocycles. The molecule has 2 aromatic rings. The van der Waals surface area contributed by atoms with Crippen molar-refractivity contribution in [2.24, 2.45) is 11.7 Å². The molecular weight excluding hydrogens is 248 g/mol. The number of rotatable bonds is 6. The third-order valence-corrected chi connectivity index (χ3v) is 3.86. The fourth-order valence-corrected chi connectivity index (χ4v) is 3.00. The predicted molar refractivity (Wildman–Crippen MR) is 83.7 cm³/mol. The molecule has 1 aromatic heterocycles. The highest BCUT2D eigenvalue weighted by Crippen LogP contribution is 2.33. The molecule has 0 unspecified atom stereocenters. The van der Waals surface area contributed by atoms with Crippen LogP contribution >= 0.6 is 0 Å². The summed E-state index contributed by atoms with van der Waals surface area (Å²) in [5.41, 5.74) is 9.16. The Morgan fingerprint density at radius 1 is 1.35 bits per heavy atom. The first-order valence-electron chi connectivity index (χ1n) is 7.40. The van der Waals surface area contributed by atoms with Gasteiger partial charge in [0, 0.05) is 23.5 Å². The summed E-state index contributed by atoms with van der Waals surface area (Å²) >= 11 is 0. The van der Waals surface area contributed by atoms with Gasteiger partial charge < -0.3 is 10.7 Å². The van der Waals surface area contributed by atoms with E-state index in [1.165, 1.54) is 22.0 Å². The quantitative estimate of drug-likeness (QED) is 0.827. The van der Waals surface area contributed by atoms with Gasteiger partial charge in [0.15, 0.2) is 0 Å². The van der Waals surface area contributed by atoms with E-state index in [0.717, 1.165) is 12.8 Å². The first-order chi connectivity index (χ1) is 9.52. The summed E-state index contributed by atoms with van der Waals surface area (Å²) in [6.07, 6.45) is 4.45. The van der Waals surface area contributed by atoms with Gasteiger partial charge in [0.2, 0.25) is 5.91 Å². The number of nitrogens with two attached hydrogens (primary N) is 1. The Morgan fingerprint density at radius 3 is 2.70 bits per heavy atom. The maximum absolute atomic E-state index is 11.4. The van der Waals surface area contributed by atoms with Crippen LogP contribution in [-0.2, 0) is 11.2 Å². The van der Waals surface area contributed by atoms with Crippen molar-refractivity contribution in [3.63, 3.8) is 0 Å². The van der Waals surface area contributed by atoms with Crippen LogP contribution in [0.3, 0.4) is 0 Å². The zero-order valence-corrected chi connectivity index (χ0v) is 12.6. The van der Waals surface area contributed by atoms with Crippen molar-refractivity contribution in [3.8, 4) is 0 Å². The summed E-state index contributed by atoms with van der Waals surface area (Å²) in [5, 5.41) is 1.23. The van der Waals surface area contributed by atoms with Gasteiger partial charge in [-0.3, -0.25) is 4.79 Å². The fraction of sp³-hybridized carbons (Fsp3) is 0.471. The highest BCUT2D eigenvalue weighted by Gasteiger charge is 2.20. The molecule has 0 aliphatic heterocycles. The van der Waals surface area contributed by atoms with Gasteiger partial charge in [-0.2, -0.15) is 0 Å². The fourth-order valence-electron chi connectivity index (χ4n) is 3.00. The number of aryl methyl sites for hydroxylation is 1. The van der Waals surface area contributed by atoms with Crippen LogP contribution in [-0.4, -0.2) is 10.9 Å². The van der Waals surface area contributed by atoms with E-state index in [2.05, 4.69) is 50.2 Å². The third kappa shape index (κ3) is 3.03. The van der Waals surface area contributed by atoms with Gasteiger partial charge in [0.1, 0.15) is 0 Å². The van der Waals surface area contributed by atoms with E-state index in [4.69, 9.17) is 5.73 Å². The van der Waals surface area contributed by atoms with E-state index in [9.17, 15) is 4.79 Å². The highest BCUT2D eigenvalue weighted by molar-refractivity contribution is 5.87. The molecule has 1 heterocycles. The number of primary amides is 1. The molecule has 3 heteroatoms. The minimum absolute atomic E-state index is 0.202. The van der Waals surface area contributed by atoms with Gasteiger partial charge in [-0.15, -0.1) is 0 Å². The Labute approximate surface area is 120 Å². The number of hydrogen-bond acceptors (Lipinski definition) is 1. The zero-order valence-electron chi connectivity index (χ0n) is 12.6. The molecule has 0 fully saturated rings. The van der Waals surface area contributed by atoms with E-state index < -0.39 is 0 Å². The van der Waals surface area contributed by atoms with Gasteiger partial charge in [-0.25, -0.2) is 0 Å². The molecule has 0 radical (unpaired) electrons. The Morgan fingerprint density at radius 2 is 2.10 bits per heavy atom. The monoisotopic (exact) mass is 272 g/mol. The number of aromatic nitrogens is 1. The lowest BCUT2D eigenvalue weighted by Gasteiger charge is -2.17. The van der Waals surface area contributed by atoms with Crippen molar-refractivity contribution < 1.29 is 4.79 Å². The molecule has 0 aliphatic rings. The molecule has 2 rings (SSSR count). The van der Waals surface area contributed by atoms with Gasteiger partial charge in [-0.05, 0) is 35.8 Å². The topological polar surface area (TPSA) is 58.9 Å². The van der Waals surface area contributed by atoms with E-state index in [-0.39, 0.29) is 11.8 Å². The maximum atomic E-state index is 11.4. The number of carbonyl (C=O) groups is 1. The molecule has 108 valence electrons. The third-order valence-electron chi connectivity index (χ3n) is 3.86. The summed E-state index contributed by atoms with van der Waals surface area (Å²) in [6, 6.07) is 6.37. The second-order valence-corrected chi connectivity index (χ2v) is 5.93. The van der Waals surface area contributed by atoms with Gasteiger partial charge in [0.05, 0.1) is 0 Å². The Kier molecular flexibility index (Phi) is 4.48. The standard InChI is InChI=1S/C17H24N2O/c1-4-12-6-5-7-14-15(10-19-17(12)14)13(8-11(2)3)9-16(18)20/h5-7,10-11,13,19H,4,8-9H2,1-3H3,(H2,18,20)/t13-/m1/s1. The van der Waals surface area contributed by atoms with Crippen molar-refractivity contribution in [3.05, 3.63) is 35.5 Å². The normalized spacial score (nSPS) is 13.0. The van der Waals surface area contributed by atoms with Gasteiger partial charge >= 0.3 is 0 Å². The summed E-state index contributed by atoms with van der Waals surface area (Å²) < 4.78 is 0. The van der Waals surface area contributed by atoms with Crippen LogP contribution in [0.2, 0.25) is 0 Å². The number of para-hydroxylation sites is 1. The van der Waals surface area contributed by atoms with Crippen molar-refractivity contribution >= 4 is 16.8 Å². The summed E-state index contributed by atoms with van der Waals surface area (Å²) in [6.45, 7) is 6.52. The highest BCUT2D eigenvalue weighted by atomic mass is 16.1. The van der Waals surface area contributed by atoms with Crippen LogP contribution < -0.4 is 5.73 Å². The first-order valence-corrected chi connectivity index (χ1v) is 7.40. The van der Waals surface area contributed by atoms with Crippen LogP contribution in [0.15, 0.2) is 24.4 Å². The molecular formula is C17H24N2O. The van der Waals surface area contributed by atoms with E-state index in [1.807, 2.05) is 0 Å². The van der Waals surface area contributed by atoms with Crippen LogP contribution in [0.5, 0.6) is 0 Å². The number of fused-ring (bicyclic) bond motifs is 1. The average molecular weight is 272 g/mol. The minimum atomic E-state index is -0.225. The molecule has 1 atom stereocenters. The number of amides is 1. The van der Waals surface area contributed by atoms with Crippen LogP contribution in [0.4, 0.5) is 0 Å². The van der Waals surface area contributed by atoms with Crippen molar-refractivity contribution in [2.45, 2.75) is 46.0 Å². The molecule has 0 aliphatic carbocycles. The molecule has 1 amide bonds. The lowest BCUT2D eigenvalue weighted by molar-refractivity contribution is -0.118. The molecule has 0 saturated heterocycles. The predicted octanol–water partition coefficient (Wildman–Crippen LogP) is 3.74. The molecule has 0 bridgehead atoms. The second kappa shape index (κ2) is 6.12. The van der Waals surface area contributed by atoms with Crippen LogP contribution in [0.1, 0.15) is 50.7 Å². The number of H-pyrrole nitrogens is 1. The average Bonchev–Trinajstić information content (AvgIpc) is 2.80. The molecule has 0 spiro atoms. The second-order valence-electron chi connectivity index (χ2n) is 5.93. The van der Waals surface area contributed by atoms with Crippen LogP contribution in [0.25, 0.3) is 10.9 Å². The van der Waals surface area contributed by atoms with Crippen molar-refractivity contribution in [2.75, 3.05) is 0 Å². The number of benzene rings is 1. The molecule has 3 N–H and O–H groups in total. The summed E-state index contributed by atoms with van der Waals surface area (Å²) in [4.78, 5) is 14.7. The van der Waals surface area contributed by atoms with Crippen molar-refractivity contribution in [1.82, 2.24) is 4.98 Å². The van der Waals surface area contributed by atoms with E-state index in [0.29, 0.717) is 12.3 Å². The number of aromatic amines is 1. The SMILES string of the molecule is CCc1cccc2c([C@@H](CC(N)=O)CC(C)C)c[nH]c12. The zero-order chi connectivity index (χ0) is 14.7. The largest absolute Gasteiger partial charge is 0.370 e. The number of nitrogens with one attached hydrogen (secondary N) is 1. The lowest BCUT2D eigenvalue weighted by atomic mass is 9.87. The number of hydrogen-bond donors (Lipinski definition) is 2. The van der Waals surface area contributed by atoms with Crippen LogP contribution in [0, 0.1) is 5.92 Å². The van der Waals surface area contributed by atoms with Gasteiger partial charge in [-0.1, -0.05) is 39.0 Å². The molecule has 0 saturated carbocycles. The van der Waals surface area contributed by atoms with Crippen molar-refractivity contribution in [1.29, 1.82) is 0 Å². The van der Waals surface area contributed by atoms with Gasteiger partial charge in [0.25, 0.3) is 0 Å². The molecule has 3 nitrogen and oxygen atoms in total. The minimum Gasteiger partial charge on any atom is -0.370 e. The Bertz CT molecular complexity index is 598. The summed E-state index contributed by atoms with van der Waals surface area (Å²) in [7, 11) is 0. The van der Waals surface area contributed by atoms with E-state index >= 15 is 0 Å². The smallest absolute Gasteiger partial charge is 0.218 e. The lowest BCUT2D eigenvalue weighted by Crippen LogP contribution is -2.16. The maximum Gasteiger partial charge on any atom is 0.218 e. The molecule has 20 heavy (non-hydrogen) atoms. The number of carbonyl (C=O) groups excluding carboxylic acids is 1. The summed E-state index contributed by atoms with van der Waals surface area (Å²) in [5.74, 6) is 0.517. The van der Waals surface area contributed by atoms with E-state index in [1.54, 1.807) is 0 Å². The Hall–Kier alpha value is -1.77. The first kappa shape index (κ1) is 14.6.